The van der Waals surface area contributed by atoms with Crippen molar-refractivity contribution in [3.63, 3.8) is 0 Å². The predicted octanol–water partition coefficient (Wildman–Crippen LogP) is 3.11. The van der Waals surface area contributed by atoms with E-state index in [0.29, 0.717) is 22.5 Å². The van der Waals surface area contributed by atoms with Crippen molar-refractivity contribution in [1.29, 1.82) is 0 Å². The fourth-order valence-electron chi connectivity index (χ4n) is 3.31. The number of hydrogen-bond acceptors (Lipinski definition) is 5. The summed E-state index contributed by atoms with van der Waals surface area (Å²) >= 11 is 0. The molecule has 0 saturated heterocycles. The number of sulfonamides is 1. The van der Waals surface area contributed by atoms with Crippen molar-refractivity contribution in [2.45, 2.75) is 0 Å². The third-order valence-corrected chi connectivity index (χ3v) is 5.21. The van der Waals surface area contributed by atoms with Crippen molar-refractivity contribution in [3.8, 4) is 0 Å². The first-order chi connectivity index (χ1) is 14.7. The van der Waals surface area contributed by atoms with Crippen molar-refractivity contribution in [3.05, 3.63) is 89.5 Å². The molecule has 0 aliphatic carbocycles. The lowest BCUT2D eigenvalue weighted by atomic mass is 10.1. The molecule has 156 valence electrons. The monoisotopic (exact) mass is 435 g/mol. The number of fused-ring (bicyclic) bond motifs is 1. The maximum absolute atomic E-state index is 12.8. The molecule has 0 unspecified atom stereocenters. The number of para-hydroxylation sites is 1. The molecule has 1 aliphatic heterocycles. The topological polar surface area (TPSA) is 113 Å². The van der Waals surface area contributed by atoms with E-state index >= 15 is 0 Å². The summed E-state index contributed by atoms with van der Waals surface area (Å²) in [6, 6.07) is 19.0. The molecular formula is C22H17N3O5S. The molecule has 1 aliphatic rings. The first kappa shape index (κ1) is 20.3. The molecule has 0 aromatic heterocycles. The van der Waals surface area contributed by atoms with Crippen molar-refractivity contribution >= 4 is 44.8 Å². The fraction of sp³-hybridized carbons (Fsp3) is 0.0455. The number of anilines is 3. The van der Waals surface area contributed by atoms with Crippen molar-refractivity contribution < 1.29 is 22.8 Å². The van der Waals surface area contributed by atoms with Gasteiger partial charge in [0.05, 0.1) is 34.3 Å². The molecule has 4 rings (SSSR count). The minimum absolute atomic E-state index is 0.124. The van der Waals surface area contributed by atoms with Crippen LogP contribution in [0.3, 0.4) is 0 Å². The summed E-state index contributed by atoms with van der Waals surface area (Å²) in [6.07, 6.45) is 0.993. The van der Waals surface area contributed by atoms with E-state index in [4.69, 9.17) is 0 Å². The summed E-state index contributed by atoms with van der Waals surface area (Å²) in [5, 5.41) is 2.68. The van der Waals surface area contributed by atoms with Crippen LogP contribution in [0.5, 0.6) is 0 Å². The van der Waals surface area contributed by atoms with Gasteiger partial charge in [-0.05, 0) is 42.5 Å². The zero-order chi connectivity index (χ0) is 22.2. The van der Waals surface area contributed by atoms with Crippen LogP contribution in [0.25, 0.3) is 0 Å². The van der Waals surface area contributed by atoms with Crippen LogP contribution in [0, 0.1) is 0 Å². The summed E-state index contributed by atoms with van der Waals surface area (Å²) in [5.41, 5.74) is 1.56. The lowest BCUT2D eigenvalue weighted by Gasteiger charge is -2.16. The fourth-order valence-corrected chi connectivity index (χ4v) is 3.89. The Kier molecular flexibility index (Phi) is 5.04. The highest BCUT2D eigenvalue weighted by molar-refractivity contribution is 7.92. The number of rotatable bonds is 5. The van der Waals surface area contributed by atoms with E-state index in [1.165, 1.54) is 18.2 Å². The van der Waals surface area contributed by atoms with Crippen molar-refractivity contribution in [1.82, 2.24) is 0 Å². The zero-order valence-electron chi connectivity index (χ0n) is 16.3. The predicted molar refractivity (Wildman–Crippen MR) is 117 cm³/mol. The summed E-state index contributed by atoms with van der Waals surface area (Å²) in [4.78, 5) is 39.2. The van der Waals surface area contributed by atoms with Crippen LogP contribution in [0.2, 0.25) is 0 Å². The van der Waals surface area contributed by atoms with Gasteiger partial charge in [0.25, 0.3) is 17.7 Å². The Hall–Kier alpha value is -3.98. The molecule has 0 fully saturated rings. The van der Waals surface area contributed by atoms with Crippen LogP contribution in [-0.4, -0.2) is 32.4 Å². The summed E-state index contributed by atoms with van der Waals surface area (Å²) in [6.45, 7) is 0. The highest BCUT2D eigenvalue weighted by Gasteiger charge is 2.36. The molecule has 3 aromatic rings. The average Bonchev–Trinajstić information content (AvgIpc) is 2.98. The normalized spacial score (nSPS) is 13.1. The largest absolute Gasteiger partial charge is 0.322 e. The minimum Gasteiger partial charge on any atom is -0.322 e. The van der Waals surface area contributed by atoms with E-state index in [-0.39, 0.29) is 11.3 Å². The second-order valence-corrected chi connectivity index (χ2v) is 8.66. The first-order valence-electron chi connectivity index (χ1n) is 9.20. The number of hydrogen-bond donors (Lipinski definition) is 2. The molecule has 0 saturated carbocycles. The van der Waals surface area contributed by atoms with Crippen LogP contribution in [-0.2, 0) is 10.0 Å². The van der Waals surface area contributed by atoms with E-state index in [9.17, 15) is 22.8 Å². The number of carbonyl (C=O) groups excluding carboxylic acids is 3. The van der Waals surface area contributed by atoms with Gasteiger partial charge < -0.3 is 5.32 Å². The molecule has 2 N–H and O–H groups in total. The molecule has 0 bridgehead atoms. The molecule has 0 radical (unpaired) electrons. The summed E-state index contributed by atoms with van der Waals surface area (Å²) < 4.78 is 25.4. The van der Waals surface area contributed by atoms with Gasteiger partial charge in [0.15, 0.2) is 0 Å². The number of carbonyl (C=O) groups is 3. The van der Waals surface area contributed by atoms with Gasteiger partial charge in [-0.15, -0.1) is 0 Å². The van der Waals surface area contributed by atoms with Crippen LogP contribution in [0.1, 0.15) is 31.1 Å². The van der Waals surface area contributed by atoms with E-state index in [0.717, 1.165) is 11.2 Å². The minimum atomic E-state index is -3.57. The quantitative estimate of drug-likeness (QED) is 0.598. The van der Waals surface area contributed by atoms with Crippen molar-refractivity contribution in [2.24, 2.45) is 0 Å². The van der Waals surface area contributed by atoms with Gasteiger partial charge in [0, 0.05) is 5.69 Å². The molecule has 3 aromatic carbocycles. The van der Waals surface area contributed by atoms with Gasteiger partial charge in [-0.3, -0.25) is 19.1 Å². The Balaban J connectivity index is 1.61. The Morgan fingerprint density at radius 2 is 1.45 bits per heavy atom. The Morgan fingerprint density at radius 3 is 2.10 bits per heavy atom. The molecule has 0 atom stereocenters. The third-order valence-electron chi connectivity index (χ3n) is 4.62. The van der Waals surface area contributed by atoms with Crippen molar-refractivity contribution in [2.75, 3.05) is 21.2 Å². The molecule has 8 nitrogen and oxygen atoms in total. The zero-order valence-corrected chi connectivity index (χ0v) is 17.1. The number of amides is 3. The summed E-state index contributed by atoms with van der Waals surface area (Å²) in [7, 11) is -3.57. The van der Waals surface area contributed by atoms with Crippen LogP contribution < -0.4 is 14.9 Å². The van der Waals surface area contributed by atoms with Crippen LogP contribution >= 0.6 is 0 Å². The van der Waals surface area contributed by atoms with Crippen LogP contribution in [0.4, 0.5) is 17.1 Å². The SMILES string of the molecule is CS(=O)(=O)Nc1ccccc1C(=O)Nc1cccc(N2C(=O)c3ccccc3C2=O)c1. The standard InChI is InChI=1S/C22H17N3O5S/c1-31(29,30)24-19-12-5-4-11-18(19)20(26)23-14-7-6-8-15(13-14)25-21(27)16-9-2-3-10-17(16)22(25)28/h2-13,24H,1H3,(H,23,26). The lowest BCUT2D eigenvalue weighted by Crippen LogP contribution is -2.29. The number of imide groups is 1. The molecule has 31 heavy (non-hydrogen) atoms. The molecule has 0 spiro atoms. The lowest BCUT2D eigenvalue weighted by molar-refractivity contribution is 0.0925. The Labute approximate surface area is 178 Å². The van der Waals surface area contributed by atoms with Gasteiger partial charge >= 0.3 is 0 Å². The van der Waals surface area contributed by atoms with E-state index in [1.54, 1.807) is 54.6 Å². The van der Waals surface area contributed by atoms with Gasteiger partial charge in [-0.2, -0.15) is 0 Å². The summed E-state index contributed by atoms with van der Waals surface area (Å²) in [5.74, 6) is -1.43. The number of nitrogens with zero attached hydrogens (tertiary/aromatic N) is 1. The first-order valence-corrected chi connectivity index (χ1v) is 11.1. The van der Waals surface area contributed by atoms with E-state index < -0.39 is 27.7 Å². The maximum atomic E-state index is 12.8. The molecule has 1 heterocycles. The number of benzene rings is 3. The highest BCUT2D eigenvalue weighted by atomic mass is 32.2. The average molecular weight is 435 g/mol. The van der Waals surface area contributed by atoms with Gasteiger partial charge in [0.1, 0.15) is 0 Å². The van der Waals surface area contributed by atoms with Gasteiger partial charge in [-0.1, -0.05) is 30.3 Å². The smallest absolute Gasteiger partial charge is 0.266 e. The Bertz CT molecular complexity index is 1300. The molecule has 9 heteroatoms. The van der Waals surface area contributed by atoms with E-state index in [1.807, 2.05) is 0 Å². The van der Waals surface area contributed by atoms with Gasteiger partial charge in [0.2, 0.25) is 10.0 Å². The number of nitrogens with one attached hydrogen (secondary N) is 2. The third kappa shape index (κ3) is 4.03. The van der Waals surface area contributed by atoms with Crippen LogP contribution in [0.15, 0.2) is 72.8 Å². The molecule has 3 amide bonds. The highest BCUT2D eigenvalue weighted by Crippen LogP contribution is 2.30. The van der Waals surface area contributed by atoms with Gasteiger partial charge in [-0.25, -0.2) is 13.3 Å². The second kappa shape index (κ2) is 7.69. The molecular weight excluding hydrogens is 418 g/mol. The Morgan fingerprint density at radius 1 is 0.839 bits per heavy atom. The van der Waals surface area contributed by atoms with E-state index in [2.05, 4.69) is 10.0 Å². The maximum Gasteiger partial charge on any atom is 0.266 e. The second-order valence-electron chi connectivity index (χ2n) is 6.92.